The van der Waals surface area contributed by atoms with Gasteiger partial charge in [-0.2, -0.15) is 0 Å². The minimum absolute atomic E-state index is 0.124. The van der Waals surface area contributed by atoms with E-state index in [2.05, 4.69) is 27.4 Å². The first-order valence-electron chi connectivity index (χ1n) is 7.56. The normalized spacial score (nSPS) is 18.8. The Labute approximate surface area is 113 Å². The van der Waals surface area contributed by atoms with Crippen LogP contribution < -0.4 is 0 Å². The molecule has 0 radical (unpaired) electrons. The number of allylic oxidation sites excluding steroid dienone is 1. The Hall–Kier alpha value is -0.590. The first kappa shape index (κ1) is 15.5. The van der Waals surface area contributed by atoms with Crippen molar-refractivity contribution in [3.63, 3.8) is 0 Å². The van der Waals surface area contributed by atoms with E-state index in [1.54, 1.807) is 0 Å². The van der Waals surface area contributed by atoms with Crippen molar-refractivity contribution in [1.82, 2.24) is 0 Å². The van der Waals surface area contributed by atoms with Crippen LogP contribution in [0.25, 0.3) is 0 Å². The van der Waals surface area contributed by atoms with Crippen LogP contribution in [0.3, 0.4) is 0 Å². The smallest absolute Gasteiger partial charge is 0.136 e. The van der Waals surface area contributed by atoms with Crippen LogP contribution in [0.15, 0.2) is 12.7 Å². The van der Waals surface area contributed by atoms with Gasteiger partial charge in [0.05, 0.1) is 0 Å². The van der Waals surface area contributed by atoms with Gasteiger partial charge in [0, 0.05) is 12.3 Å². The molecule has 1 aliphatic rings. The van der Waals surface area contributed by atoms with Crippen LogP contribution >= 0.6 is 0 Å². The first-order valence-corrected chi connectivity index (χ1v) is 7.56. The molecule has 1 rings (SSSR count). The lowest BCUT2D eigenvalue weighted by molar-refractivity contribution is -0.125. The number of hydrogen-bond acceptors (Lipinski definition) is 1. The van der Waals surface area contributed by atoms with Crippen LogP contribution in [0.1, 0.15) is 72.1 Å². The summed E-state index contributed by atoms with van der Waals surface area (Å²) in [6.07, 6.45) is 11.2. The molecule has 18 heavy (non-hydrogen) atoms. The highest BCUT2D eigenvalue weighted by molar-refractivity contribution is 5.81. The predicted molar refractivity (Wildman–Crippen MR) is 78.6 cm³/mol. The molecule has 104 valence electrons. The van der Waals surface area contributed by atoms with Crippen LogP contribution in [0, 0.1) is 17.3 Å². The van der Waals surface area contributed by atoms with Crippen molar-refractivity contribution >= 4 is 5.78 Å². The highest BCUT2D eigenvalue weighted by Crippen LogP contribution is 2.34. The minimum atomic E-state index is 0.124. The van der Waals surface area contributed by atoms with E-state index in [0.717, 1.165) is 31.6 Å². The molecule has 1 fully saturated rings. The van der Waals surface area contributed by atoms with E-state index in [-0.39, 0.29) is 11.3 Å². The highest BCUT2D eigenvalue weighted by Gasteiger charge is 2.27. The fraction of sp³-hybridized carbons (Fsp3) is 0.824. The summed E-state index contributed by atoms with van der Waals surface area (Å²) in [4.78, 5) is 12.4. The summed E-state index contributed by atoms with van der Waals surface area (Å²) in [5.41, 5.74) is 0.124. The van der Waals surface area contributed by atoms with Gasteiger partial charge in [-0.3, -0.25) is 4.79 Å². The second kappa shape index (κ2) is 7.11. The molecule has 0 saturated heterocycles. The van der Waals surface area contributed by atoms with Gasteiger partial charge >= 0.3 is 0 Å². The molecular formula is C17H30O. The molecule has 0 bridgehead atoms. The van der Waals surface area contributed by atoms with Crippen LogP contribution in [0.5, 0.6) is 0 Å². The average molecular weight is 250 g/mol. The Balaban J connectivity index is 2.52. The topological polar surface area (TPSA) is 17.1 Å². The number of Topliss-reactive ketones (excluding diaryl/α,β-unsaturated/α-hetero) is 1. The predicted octanol–water partition coefficient (Wildman–Crippen LogP) is 5.15. The van der Waals surface area contributed by atoms with Crippen LogP contribution in [0.4, 0.5) is 0 Å². The maximum atomic E-state index is 12.4. The number of hydrogen-bond donors (Lipinski definition) is 0. The summed E-state index contributed by atoms with van der Waals surface area (Å²) in [5.74, 6) is 1.57. The Bertz CT molecular complexity index is 266. The van der Waals surface area contributed by atoms with Crippen LogP contribution in [0.2, 0.25) is 0 Å². The average Bonchev–Trinajstić information content (AvgIpc) is 2.74. The summed E-state index contributed by atoms with van der Waals surface area (Å²) in [6.45, 7) is 10.3. The number of rotatable bonds is 7. The zero-order chi connectivity index (χ0) is 13.6. The van der Waals surface area contributed by atoms with Crippen molar-refractivity contribution in [2.75, 3.05) is 0 Å². The second-order valence-corrected chi connectivity index (χ2v) is 7.15. The monoisotopic (exact) mass is 250 g/mol. The summed E-state index contributed by atoms with van der Waals surface area (Å²) < 4.78 is 0. The minimum Gasteiger partial charge on any atom is -0.299 e. The Morgan fingerprint density at radius 2 is 1.94 bits per heavy atom. The Morgan fingerprint density at radius 3 is 2.44 bits per heavy atom. The van der Waals surface area contributed by atoms with Gasteiger partial charge in [-0.05, 0) is 30.6 Å². The molecule has 1 saturated carbocycles. The van der Waals surface area contributed by atoms with Crippen LogP contribution in [-0.2, 0) is 4.79 Å². The molecule has 0 aliphatic heterocycles. The largest absolute Gasteiger partial charge is 0.299 e. The summed E-state index contributed by atoms with van der Waals surface area (Å²) in [6, 6.07) is 0. The quantitative estimate of drug-likeness (QED) is 0.571. The second-order valence-electron chi connectivity index (χ2n) is 7.15. The van der Waals surface area contributed by atoms with Gasteiger partial charge < -0.3 is 0 Å². The van der Waals surface area contributed by atoms with Crippen molar-refractivity contribution < 1.29 is 4.79 Å². The molecule has 0 N–H and O–H groups in total. The van der Waals surface area contributed by atoms with Gasteiger partial charge in [0.2, 0.25) is 0 Å². The lowest BCUT2D eigenvalue weighted by Gasteiger charge is -2.24. The molecule has 0 heterocycles. The van der Waals surface area contributed by atoms with Gasteiger partial charge in [-0.1, -0.05) is 52.5 Å². The van der Waals surface area contributed by atoms with Gasteiger partial charge in [0.1, 0.15) is 5.78 Å². The van der Waals surface area contributed by atoms with Gasteiger partial charge in [-0.15, -0.1) is 6.58 Å². The summed E-state index contributed by atoms with van der Waals surface area (Å²) in [5, 5.41) is 0. The molecule has 1 heteroatoms. The van der Waals surface area contributed by atoms with E-state index in [0.29, 0.717) is 5.78 Å². The van der Waals surface area contributed by atoms with Crippen molar-refractivity contribution in [1.29, 1.82) is 0 Å². The third-order valence-electron chi connectivity index (χ3n) is 3.97. The third-order valence-corrected chi connectivity index (χ3v) is 3.97. The molecule has 0 aromatic rings. The number of carbonyl (C=O) groups excluding carboxylic acids is 1. The number of ketones is 1. The van der Waals surface area contributed by atoms with Crippen molar-refractivity contribution in [3.05, 3.63) is 12.7 Å². The highest BCUT2D eigenvalue weighted by atomic mass is 16.1. The van der Waals surface area contributed by atoms with Crippen LogP contribution in [-0.4, -0.2) is 5.78 Å². The van der Waals surface area contributed by atoms with Gasteiger partial charge in [0.15, 0.2) is 0 Å². The Kier molecular flexibility index (Phi) is 6.11. The number of carbonyl (C=O) groups is 1. The first-order chi connectivity index (χ1) is 8.42. The van der Waals surface area contributed by atoms with Gasteiger partial charge in [-0.25, -0.2) is 0 Å². The summed E-state index contributed by atoms with van der Waals surface area (Å²) in [7, 11) is 0. The molecule has 1 nitrogen and oxygen atoms in total. The lowest BCUT2D eigenvalue weighted by Crippen LogP contribution is -2.22. The van der Waals surface area contributed by atoms with E-state index < -0.39 is 0 Å². The molecule has 0 amide bonds. The van der Waals surface area contributed by atoms with Crippen molar-refractivity contribution in [2.24, 2.45) is 17.3 Å². The maximum absolute atomic E-state index is 12.4. The molecule has 1 atom stereocenters. The lowest BCUT2D eigenvalue weighted by atomic mass is 9.80. The van der Waals surface area contributed by atoms with Crippen molar-refractivity contribution in [3.8, 4) is 0 Å². The van der Waals surface area contributed by atoms with E-state index in [4.69, 9.17) is 0 Å². The standard InChI is InChI=1S/C17H30O/c1-5-6-11-15(12-14-9-7-8-10-14)16(18)13-17(2,3)4/h5,14-15H,1,6-13H2,2-4H3. The zero-order valence-corrected chi connectivity index (χ0v) is 12.5. The Morgan fingerprint density at radius 1 is 1.33 bits per heavy atom. The third kappa shape index (κ3) is 5.84. The molecule has 0 spiro atoms. The molecule has 0 aromatic heterocycles. The van der Waals surface area contributed by atoms with E-state index >= 15 is 0 Å². The molecule has 1 aliphatic carbocycles. The van der Waals surface area contributed by atoms with E-state index in [9.17, 15) is 4.79 Å². The summed E-state index contributed by atoms with van der Waals surface area (Å²) >= 11 is 0. The maximum Gasteiger partial charge on any atom is 0.136 e. The van der Waals surface area contributed by atoms with Crippen molar-refractivity contribution in [2.45, 2.75) is 72.1 Å². The van der Waals surface area contributed by atoms with E-state index in [1.807, 2.05) is 6.08 Å². The zero-order valence-electron chi connectivity index (χ0n) is 12.5. The molecule has 0 aromatic carbocycles. The van der Waals surface area contributed by atoms with Gasteiger partial charge in [0.25, 0.3) is 0 Å². The van der Waals surface area contributed by atoms with E-state index in [1.165, 1.54) is 25.7 Å². The molecular weight excluding hydrogens is 220 g/mol. The fourth-order valence-electron chi connectivity index (χ4n) is 3.04. The SMILES string of the molecule is C=CCCC(CC1CCCC1)C(=O)CC(C)(C)C. The fourth-order valence-corrected chi connectivity index (χ4v) is 3.04. The molecule has 1 unspecified atom stereocenters.